The van der Waals surface area contributed by atoms with Gasteiger partial charge in [0.05, 0.1) is 5.41 Å². The first kappa shape index (κ1) is 23.8. The topological polar surface area (TPSA) is 109 Å². The zero-order chi connectivity index (χ0) is 20.2. The lowest BCUT2D eigenvalue weighted by Crippen LogP contribution is -2.40. The molecule has 0 fully saturated rings. The normalized spacial score (nSPS) is 9.73. The number of aromatic nitrogens is 3. The minimum atomic E-state index is -0.422. The molecule has 0 atom stereocenters. The van der Waals surface area contributed by atoms with Crippen LogP contribution in [-0.4, -0.2) is 40.1 Å². The van der Waals surface area contributed by atoms with E-state index in [0.29, 0.717) is 5.13 Å². The molecule has 2 N–H and O–H groups in total. The molecule has 7 nitrogen and oxygen atoms in total. The Morgan fingerprint density at radius 3 is 2.54 bits per heavy atom. The van der Waals surface area contributed by atoms with Crippen LogP contribution >= 0.6 is 23.1 Å². The molecule has 26 heavy (non-hydrogen) atoms. The fourth-order valence-corrected chi connectivity index (χ4v) is 3.56. The molecular weight excluding hydrogens is 368 g/mol. The summed E-state index contributed by atoms with van der Waals surface area (Å²) >= 11 is 3.06. The minimum absolute atomic E-state index is 0.0470. The molecule has 0 saturated carbocycles. The Morgan fingerprint density at radius 2 is 2.04 bits per heavy atom. The van der Waals surface area contributed by atoms with E-state index in [4.69, 9.17) is 5.26 Å². The number of hydrogen-bond acceptors (Lipinski definition) is 8. The van der Waals surface area contributed by atoms with Gasteiger partial charge in [0.25, 0.3) is 0 Å². The van der Waals surface area contributed by atoms with Gasteiger partial charge in [-0.1, -0.05) is 39.0 Å². The summed E-state index contributed by atoms with van der Waals surface area (Å²) in [7, 11) is 1.75. The van der Waals surface area contributed by atoms with Crippen molar-refractivity contribution in [3.63, 3.8) is 0 Å². The molecular formula is C17H26N6OS2. The summed E-state index contributed by atoms with van der Waals surface area (Å²) < 4.78 is 0. The lowest BCUT2D eigenvalue weighted by Gasteiger charge is -2.26. The molecule has 2 heterocycles. The van der Waals surface area contributed by atoms with Crippen LogP contribution in [0.5, 0.6) is 0 Å². The molecule has 0 spiro atoms. The van der Waals surface area contributed by atoms with Gasteiger partial charge in [0.2, 0.25) is 11.0 Å². The Balaban J connectivity index is 0.00000113. The Bertz CT molecular complexity index is 697. The van der Waals surface area contributed by atoms with Crippen molar-refractivity contribution in [3.8, 4) is 16.8 Å². The maximum absolute atomic E-state index is 12.5. The first-order chi connectivity index (χ1) is 12.4. The van der Waals surface area contributed by atoms with E-state index in [1.54, 1.807) is 36.1 Å². The second-order valence-electron chi connectivity index (χ2n) is 5.44. The molecule has 0 saturated heterocycles. The number of pyridine rings is 1. The molecule has 2 aromatic rings. The predicted molar refractivity (Wildman–Crippen MR) is 110 cm³/mol. The van der Waals surface area contributed by atoms with Crippen molar-refractivity contribution in [1.29, 1.82) is 5.26 Å². The van der Waals surface area contributed by atoms with Gasteiger partial charge in [-0.05, 0) is 18.4 Å². The van der Waals surface area contributed by atoms with Crippen LogP contribution in [0.3, 0.4) is 0 Å². The van der Waals surface area contributed by atoms with Crippen LogP contribution in [0.2, 0.25) is 0 Å². The highest BCUT2D eigenvalue weighted by Gasteiger charge is 2.32. The van der Waals surface area contributed by atoms with E-state index in [1.165, 1.54) is 17.5 Å². The van der Waals surface area contributed by atoms with E-state index in [1.807, 2.05) is 46.1 Å². The highest BCUT2D eigenvalue weighted by atomic mass is 32.2. The van der Waals surface area contributed by atoms with E-state index in [2.05, 4.69) is 20.9 Å². The van der Waals surface area contributed by atoms with Gasteiger partial charge >= 0.3 is 0 Å². The summed E-state index contributed by atoms with van der Waals surface area (Å²) in [6.07, 6.45) is 6.70. The van der Waals surface area contributed by atoms with E-state index in [9.17, 15) is 4.79 Å². The fourth-order valence-electron chi connectivity index (χ4n) is 1.92. The Kier molecular flexibility index (Phi) is 11.2. The third kappa shape index (κ3) is 6.98. The standard InChI is InChI=1S/C14H18N4OS2.C2H6.CH2N2/c1-14(2,9-20-4)12(19)18(3)13-17-16-11(21-13)10-6-5-7-15-8-10;1-2;2-1-3/h5-8H,9H2,1-4H3;1-2H3;2H2. The van der Waals surface area contributed by atoms with Crippen molar-refractivity contribution >= 4 is 34.1 Å². The maximum atomic E-state index is 12.5. The Hall–Kier alpha value is -2.18. The number of anilines is 1. The average Bonchev–Trinajstić information content (AvgIpc) is 3.14. The van der Waals surface area contributed by atoms with Crippen molar-refractivity contribution < 1.29 is 4.79 Å². The van der Waals surface area contributed by atoms with Crippen LogP contribution in [0, 0.1) is 16.9 Å². The Morgan fingerprint density at radius 1 is 1.42 bits per heavy atom. The highest BCUT2D eigenvalue weighted by molar-refractivity contribution is 7.98. The Labute approximate surface area is 163 Å². The number of carbonyl (C=O) groups is 1. The number of rotatable bonds is 5. The van der Waals surface area contributed by atoms with Gasteiger partial charge in [-0.2, -0.15) is 17.0 Å². The summed E-state index contributed by atoms with van der Waals surface area (Å²) in [5.41, 5.74) is 4.64. The predicted octanol–water partition coefficient (Wildman–Crippen LogP) is 3.40. The van der Waals surface area contributed by atoms with Crippen LogP contribution in [0.1, 0.15) is 27.7 Å². The number of nitriles is 1. The van der Waals surface area contributed by atoms with Crippen molar-refractivity contribution in [3.05, 3.63) is 24.5 Å². The van der Waals surface area contributed by atoms with Gasteiger partial charge in [-0.25, -0.2) is 0 Å². The molecule has 0 radical (unpaired) electrons. The van der Waals surface area contributed by atoms with Crippen LogP contribution in [0.25, 0.3) is 10.6 Å². The van der Waals surface area contributed by atoms with Gasteiger partial charge in [0, 0.05) is 30.8 Å². The van der Waals surface area contributed by atoms with Crippen molar-refractivity contribution in [2.45, 2.75) is 27.7 Å². The van der Waals surface area contributed by atoms with Crippen LogP contribution in [0.15, 0.2) is 24.5 Å². The smallest absolute Gasteiger partial charge is 0.235 e. The van der Waals surface area contributed by atoms with Gasteiger partial charge < -0.3 is 5.73 Å². The third-order valence-electron chi connectivity index (χ3n) is 3.00. The van der Waals surface area contributed by atoms with Crippen molar-refractivity contribution in [1.82, 2.24) is 15.2 Å². The number of amides is 1. The molecule has 0 aromatic carbocycles. The number of nitrogens with two attached hydrogens (primary N) is 1. The summed E-state index contributed by atoms with van der Waals surface area (Å²) in [6.45, 7) is 7.90. The summed E-state index contributed by atoms with van der Waals surface area (Å²) in [5.74, 6) is 0.815. The fraction of sp³-hybridized carbons (Fsp3) is 0.471. The van der Waals surface area contributed by atoms with E-state index in [0.717, 1.165) is 16.3 Å². The van der Waals surface area contributed by atoms with Gasteiger partial charge in [-0.15, -0.1) is 10.2 Å². The van der Waals surface area contributed by atoms with E-state index >= 15 is 0 Å². The SMILES string of the molecule is CC.CSCC(C)(C)C(=O)N(C)c1nnc(-c2cccnc2)s1.N#CN. The zero-order valence-corrected chi connectivity index (χ0v) is 17.7. The second kappa shape index (κ2) is 12.2. The molecule has 1 amide bonds. The summed E-state index contributed by atoms with van der Waals surface area (Å²) in [4.78, 5) is 18.2. The van der Waals surface area contributed by atoms with Crippen LogP contribution in [0.4, 0.5) is 5.13 Å². The number of hydrogen-bond donors (Lipinski definition) is 1. The van der Waals surface area contributed by atoms with Crippen molar-refractivity contribution in [2.24, 2.45) is 11.1 Å². The number of thioether (sulfide) groups is 1. The average molecular weight is 395 g/mol. The molecule has 9 heteroatoms. The minimum Gasteiger partial charge on any atom is -0.337 e. The molecule has 0 aliphatic heterocycles. The third-order valence-corrected chi connectivity index (χ3v) is 5.06. The quantitative estimate of drug-likeness (QED) is 0.611. The number of nitrogens with zero attached hydrogens (tertiary/aromatic N) is 5. The number of carbonyl (C=O) groups excluding carboxylic acids is 1. The van der Waals surface area contributed by atoms with E-state index < -0.39 is 5.41 Å². The van der Waals surface area contributed by atoms with Crippen molar-refractivity contribution in [2.75, 3.05) is 24.0 Å². The molecule has 0 unspecified atom stereocenters. The molecule has 0 bridgehead atoms. The molecule has 0 aliphatic rings. The maximum Gasteiger partial charge on any atom is 0.235 e. The summed E-state index contributed by atoms with van der Waals surface area (Å²) in [6, 6.07) is 3.78. The zero-order valence-electron chi connectivity index (χ0n) is 16.1. The van der Waals surface area contributed by atoms with Gasteiger partial charge in [0.15, 0.2) is 11.2 Å². The van der Waals surface area contributed by atoms with Crippen LogP contribution < -0.4 is 10.6 Å². The highest BCUT2D eigenvalue weighted by Crippen LogP contribution is 2.31. The largest absolute Gasteiger partial charge is 0.337 e. The van der Waals surface area contributed by atoms with Crippen LogP contribution in [-0.2, 0) is 4.79 Å². The lowest BCUT2D eigenvalue weighted by atomic mass is 9.95. The van der Waals surface area contributed by atoms with Gasteiger partial charge in [0.1, 0.15) is 0 Å². The molecule has 142 valence electrons. The lowest BCUT2D eigenvalue weighted by molar-refractivity contribution is -0.125. The first-order valence-electron chi connectivity index (χ1n) is 7.98. The monoisotopic (exact) mass is 394 g/mol. The van der Waals surface area contributed by atoms with E-state index in [-0.39, 0.29) is 5.91 Å². The second-order valence-corrected chi connectivity index (χ2v) is 7.26. The summed E-state index contributed by atoms with van der Waals surface area (Å²) in [5, 5.41) is 16.7. The molecule has 0 aliphatic carbocycles. The van der Waals surface area contributed by atoms with Gasteiger partial charge in [-0.3, -0.25) is 14.7 Å². The molecule has 2 aromatic heterocycles. The molecule has 2 rings (SSSR count). The first-order valence-corrected chi connectivity index (χ1v) is 10.2.